The van der Waals surface area contributed by atoms with Crippen molar-refractivity contribution in [2.75, 3.05) is 46.2 Å². The van der Waals surface area contributed by atoms with Gasteiger partial charge in [0.25, 0.3) is 0 Å². The molecule has 0 radical (unpaired) electrons. The van der Waals surface area contributed by atoms with E-state index in [1.807, 2.05) is 41.5 Å². The van der Waals surface area contributed by atoms with Crippen molar-refractivity contribution in [2.45, 2.75) is 80.3 Å². The van der Waals surface area contributed by atoms with Gasteiger partial charge in [-0.15, -0.1) is 0 Å². The highest BCUT2D eigenvalue weighted by atomic mass is 28.5. The van der Waals surface area contributed by atoms with E-state index in [9.17, 15) is 0 Å². The maximum Gasteiger partial charge on any atom is 0.508 e. The second-order valence-electron chi connectivity index (χ2n) is 7.36. The molecule has 7 nitrogen and oxygen atoms in total. The van der Waals surface area contributed by atoms with Crippen molar-refractivity contribution in [3.05, 3.63) is 0 Å². The van der Waals surface area contributed by atoms with Crippen LogP contribution < -0.4 is 0 Å². The summed E-state index contributed by atoms with van der Waals surface area (Å²) in [5.41, 5.74) is 1.15. The SMILES string of the molecule is CCO[Si](OCC)(OCC)C(CC/N=C(\C)CC(C)C)[Si](OCC)(OCC)OCC. The molecule has 0 heterocycles. The molecule has 0 aliphatic heterocycles. The lowest BCUT2D eigenvalue weighted by molar-refractivity contribution is 0.0317. The average Bonchev–Trinajstić information content (AvgIpc) is 2.65. The Balaban J connectivity index is 6.22. The van der Waals surface area contributed by atoms with E-state index in [4.69, 9.17) is 31.5 Å². The first-order chi connectivity index (χ1) is 14.3. The predicted octanol–water partition coefficient (Wildman–Crippen LogP) is 4.89. The third kappa shape index (κ3) is 9.56. The maximum atomic E-state index is 6.28. The van der Waals surface area contributed by atoms with Gasteiger partial charge >= 0.3 is 17.6 Å². The van der Waals surface area contributed by atoms with Crippen LogP contribution in [0.2, 0.25) is 5.16 Å². The molecule has 0 aliphatic rings. The second-order valence-corrected chi connectivity index (χ2v) is 13.5. The number of rotatable bonds is 19. The van der Waals surface area contributed by atoms with Gasteiger partial charge in [0.05, 0.1) is 0 Å². The molecule has 0 bridgehead atoms. The van der Waals surface area contributed by atoms with Crippen LogP contribution in [0.1, 0.15) is 75.2 Å². The maximum absolute atomic E-state index is 6.28. The smallest absolute Gasteiger partial charge is 0.374 e. The first-order valence-corrected chi connectivity index (χ1v) is 15.2. The summed E-state index contributed by atoms with van der Waals surface area (Å²) in [5, 5.41) is -0.236. The molecule has 0 saturated carbocycles. The molecule has 0 saturated heterocycles. The molecule has 9 heteroatoms. The average molecular weight is 466 g/mol. The van der Waals surface area contributed by atoms with Crippen molar-refractivity contribution >= 4 is 23.3 Å². The standard InChI is InChI=1S/C21H47NO6Si2/c1-10-23-29(24-11-2,25-12-3)21(16-17-22-20(9)18-19(7)8)30(26-13-4,27-14-5)28-15-6/h19,21H,10-18H2,1-9H3/b22-20+. The molecular weight excluding hydrogens is 418 g/mol. The Morgan fingerprint density at radius 1 is 0.667 bits per heavy atom. The summed E-state index contributed by atoms with van der Waals surface area (Å²) in [4.78, 5) is 4.82. The highest BCUT2D eigenvalue weighted by Crippen LogP contribution is 2.40. The lowest BCUT2D eigenvalue weighted by atomic mass is 10.1. The highest BCUT2D eigenvalue weighted by Gasteiger charge is 2.65. The minimum atomic E-state index is -3.16. The first-order valence-electron chi connectivity index (χ1n) is 11.6. The van der Waals surface area contributed by atoms with Crippen LogP contribution in [0.15, 0.2) is 4.99 Å². The summed E-state index contributed by atoms with van der Waals surface area (Å²) in [5.74, 6) is 0.581. The minimum Gasteiger partial charge on any atom is -0.374 e. The van der Waals surface area contributed by atoms with Crippen molar-refractivity contribution in [2.24, 2.45) is 10.9 Å². The van der Waals surface area contributed by atoms with Gasteiger partial charge in [-0.25, -0.2) is 0 Å². The van der Waals surface area contributed by atoms with Gasteiger partial charge in [0.1, 0.15) is 5.16 Å². The van der Waals surface area contributed by atoms with Gasteiger partial charge in [0.15, 0.2) is 0 Å². The summed E-state index contributed by atoms with van der Waals surface area (Å²) < 4.78 is 37.7. The number of hydrogen-bond acceptors (Lipinski definition) is 7. The molecule has 0 aliphatic carbocycles. The molecule has 0 aromatic heterocycles. The predicted molar refractivity (Wildman–Crippen MR) is 127 cm³/mol. The third-order valence-electron chi connectivity index (χ3n) is 4.43. The third-order valence-corrected chi connectivity index (χ3v) is 13.0. The molecule has 30 heavy (non-hydrogen) atoms. The van der Waals surface area contributed by atoms with Crippen LogP contribution in [0.4, 0.5) is 0 Å². The Hall–Kier alpha value is -0.136. The van der Waals surface area contributed by atoms with E-state index >= 15 is 0 Å². The summed E-state index contributed by atoms with van der Waals surface area (Å²) >= 11 is 0. The van der Waals surface area contributed by atoms with Crippen LogP contribution in [-0.2, 0) is 26.6 Å². The summed E-state index contributed by atoms with van der Waals surface area (Å²) in [7, 11) is -6.32. The number of nitrogens with zero attached hydrogens (tertiary/aromatic N) is 1. The van der Waals surface area contributed by atoms with Crippen molar-refractivity contribution in [3.8, 4) is 0 Å². The van der Waals surface area contributed by atoms with E-state index in [2.05, 4.69) is 20.8 Å². The molecule has 0 rings (SSSR count). The van der Waals surface area contributed by atoms with Crippen LogP contribution in [0, 0.1) is 5.92 Å². The topological polar surface area (TPSA) is 67.7 Å². The fraction of sp³-hybridized carbons (Fsp3) is 0.952. The molecule has 0 aromatic rings. The Kier molecular flexibility index (Phi) is 16.4. The second kappa shape index (κ2) is 16.5. The van der Waals surface area contributed by atoms with E-state index in [1.165, 1.54) is 0 Å². The van der Waals surface area contributed by atoms with E-state index in [1.54, 1.807) is 0 Å². The van der Waals surface area contributed by atoms with Gasteiger partial charge < -0.3 is 26.6 Å². The Bertz CT molecular complexity index is 405. The molecule has 0 unspecified atom stereocenters. The summed E-state index contributed by atoms with van der Waals surface area (Å²) in [6.07, 6.45) is 1.66. The molecule has 0 N–H and O–H groups in total. The highest BCUT2D eigenvalue weighted by molar-refractivity contribution is 6.82. The summed E-state index contributed by atoms with van der Waals surface area (Å²) in [6.45, 7) is 21.9. The minimum absolute atomic E-state index is 0.236. The van der Waals surface area contributed by atoms with Crippen molar-refractivity contribution in [1.29, 1.82) is 0 Å². The molecule has 0 atom stereocenters. The largest absolute Gasteiger partial charge is 0.508 e. The molecule has 0 fully saturated rings. The van der Waals surface area contributed by atoms with Crippen LogP contribution in [0.25, 0.3) is 0 Å². The van der Waals surface area contributed by atoms with Crippen LogP contribution in [-0.4, -0.2) is 69.5 Å². The lowest BCUT2D eigenvalue weighted by Crippen LogP contribution is -2.64. The molecular formula is C21H47NO6Si2. The van der Waals surface area contributed by atoms with Crippen molar-refractivity contribution < 1.29 is 26.6 Å². The number of aliphatic imine (C=N–C) groups is 1. The Morgan fingerprint density at radius 2 is 1.00 bits per heavy atom. The van der Waals surface area contributed by atoms with Crippen LogP contribution >= 0.6 is 0 Å². The molecule has 180 valence electrons. The summed E-state index contributed by atoms with van der Waals surface area (Å²) in [6, 6.07) is 0. The van der Waals surface area contributed by atoms with Gasteiger partial charge in [-0.3, -0.25) is 4.99 Å². The first kappa shape index (κ1) is 29.9. The molecule has 0 spiro atoms. The van der Waals surface area contributed by atoms with Crippen molar-refractivity contribution in [1.82, 2.24) is 0 Å². The molecule has 0 amide bonds. The van der Waals surface area contributed by atoms with Crippen LogP contribution in [0.5, 0.6) is 0 Å². The Morgan fingerprint density at radius 3 is 1.27 bits per heavy atom. The Labute approximate surface area is 187 Å². The van der Waals surface area contributed by atoms with Gasteiger partial charge in [0.2, 0.25) is 0 Å². The van der Waals surface area contributed by atoms with Gasteiger partial charge in [-0.05, 0) is 67.2 Å². The monoisotopic (exact) mass is 465 g/mol. The normalized spacial score (nSPS) is 13.6. The van der Waals surface area contributed by atoms with E-state index in [0.29, 0.717) is 58.5 Å². The fourth-order valence-corrected chi connectivity index (χ4v) is 12.0. The molecule has 0 aromatic carbocycles. The van der Waals surface area contributed by atoms with Gasteiger partial charge in [-0.1, -0.05) is 13.8 Å². The van der Waals surface area contributed by atoms with E-state index in [-0.39, 0.29) is 5.16 Å². The zero-order valence-electron chi connectivity index (χ0n) is 20.9. The van der Waals surface area contributed by atoms with Gasteiger partial charge in [0, 0.05) is 51.9 Å². The quantitative estimate of drug-likeness (QED) is 0.200. The zero-order chi connectivity index (χ0) is 23.0. The number of hydrogen-bond donors (Lipinski definition) is 0. The van der Waals surface area contributed by atoms with Gasteiger partial charge in [-0.2, -0.15) is 0 Å². The zero-order valence-corrected chi connectivity index (χ0v) is 22.9. The van der Waals surface area contributed by atoms with E-state index < -0.39 is 17.6 Å². The van der Waals surface area contributed by atoms with Crippen molar-refractivity contribution in [3.63, 3.8) is 0 Å². The fourth-order valence-electron chi connectivity index (χ4n) is 3.67. The van der Waals surface area contributed by atoms with Crippen LogP contribution in [0.3, 0.4) is 0 Å². The lowest BCUT2D eigenvalue weighted by Gasteiger charge is -2.42. The van der Waals surface area contributed by atoms with E-state index in [0.717, 1.165) is 12.1 Å².